The second-order valence-corrected chi connectivity index (χ2v) is 4.82. The maximum Gasteiger partial charge on any atom is 1.00 e. The van der Waals surface area contributed by atoms with Gasteiger partial charge in [0.25, 0.3) is 0 Å². The fraction of sp³-hybridized carbons (Fsp3) is 0.500. The maximum absolute atomic E-state index is 12.3. The van der Waals surface area contributed by atoms with Crippen LogP contribution >= 0.6 is 0 Å². The predicted molar refractivity (Wildman–Crippen MR) is 63.7 cm³/mol. The van der Waals surface area contributed by atoms with E-state index in [2.05, 4.69) is 4.90 Å². The molecule has 2 rings (SSSR count). The summed E-state index contributed by atoms with van der Waals surface area (Å²) in [6, 6.07) is 9.90. The van der Waals surface area contributed by atoms with Crippen molar-refractivity contribution in [1.29, 1.82) is 0 Å². The van der Waals surface area contributed by atoms with Crippen LogP contribution in [0.15, 0.2) is 30.3 Å². The molecule has 0 spiro atoms. The zero-order chi connectivity index (χ0) is 12.3. The van der Waals surface area contributed by atoms with Gasteiger partial charge < -0.3 is 12.9 Å². The van der Waals surface area contributed by atoms with Crippen LogP contribution in [0.1, 0.15) is 12.0 Å². The van der Waals surface area contributed by atoms with E-state index >= 15 is 0 Å². The van der Waals surface area contributed by atoms with Crippen LogP contribution in [0.5, 0.6) is 0 Å². The summed E-state index contributed by atoms with van der Waals surface area (Å²) in [5.41, 5.74) is 1.17. The Balaban J connectivity index is 0.00000162. The van der Waals surface area contributed by atoms with Gasteiger partial charge in [0, 0.05) is 6.54 Å². The molecule has 1 aliphatic heterocycles. The molecule has 0 saturated carbocycles. The Morgan fingerprint density at radius 2 is 1.83 bits per heavy atom. The third kappa shape index (κ3) is 5.76. The molecule has 1 aromatic carbocycles. The number of hydrogen-bond donors (Lipinski definition) is 0. The first kappa shape index (κ1) is 16.7. The summed E-state index contributed by atoms with van der Waals surface area (Å²) in [4.78, 5) is 2.11. The van der Waals surface area contributed by atoms with Crippen molar-refractivity contribution >= 4 is 6.98 Å². The van der Waals surface area contributed by atoms with Crippen LogP contribution < -0.4 is 51.4 Å². The fourth-order valence-corrected chi connectivity index (χ4v) is 2.47. The summed E-state index contributed by atoms with van der Waals surface area (Å²) < 4.78 is 36.9. The van der Waals surface area contributed by atoms with Crippen molar-refractivity contribution in [2.75, 3.05) is 13.1 Å². The van der Waals surface area contributed by atoms with E-state index < -0.39 is 13.3 Å². The minimum Gasteiger partial charge on any atom is -0.449 e. The van der Waals surface area contributed by atoms with Gasteiger partial charge >= 0.3 is 58.4 Å². The van der Waals surface area contributed by atoms with Gasteiger partial charge in [-0.3, -0.25) is 4.90 Å². The Hall–Kier alpha value is 0.671. The zero-order valence-corrected chi connectivity index (χ0v) is 13.8. The van der Waals surface area contributed by atoms with Crippen molar-refractivity contribution in [2.45, 2.75) is 19.3 Å². The second kappa shape index (κ2) is 7.45. The summed E-state index contributed by atoms with van der Waals surface area (Å²) in [6.45, 7) is -2.50. The largest absolute Gasteiger partial charge is 1.00 e. The van der Waals surface area contributed by atoms with Crippen molar-refractivity contribution in [2.24, 2.45) is 5.92 Å². The summed E-state index contributed by atoms with van der Waals surface area (Å²) in [5, 5.41) is 0. The van der Waals surface area contributed by atoms with Crippen molar-refractivity contribution in [3.8, 4) is 0 Å². The van der Waals surface area contributed by atoms with Crippen LogP contribution in [0, 0.1) is 5.92 Å². The molecule has 1 unspecified atom stereocenters. The van der Waals surface area contributed by atoms with Crippen molar-refractivity contribution in [3.63, 3.8) is 0 Å². The molecule has 0 aliphatic carbocycles. The summed E-state index contributed by atoms with van der Waals surface area (Å²) >= 11 is 0. The number of likely N-dealkylation sites (tertiary alicyclic amines) is 1. The molecule has 94 valence electrons. The van der Waals surface area contributed by atoms with Gasteiger partial charge in [0.2, 0.25) is 0 Å². The SMILES string of the molecule is F[B-](F)(F)CC1CCN(Cc2ccccc2)C1.[K+]. The predicted octanol–water partition coefficient (Wildman–Crippen LogP) is 0.360. The van der Waals surface area contributed by atoms with Crippen LogP contribution in [0.4, 0.5) is 12.9 Å². The summed E-state index contributed by atoms with van der Waals surface area (Å²) in [7, 11) is 0. The van der Waals surface area contributed by atoms with Crippen LogP contribution in [-0.2, 0) is 6.54 Å². The van der Waals surface area contributed by atoms with E-state index in [9.17, 15) is 12.9 Å². The first-order valence-corrected chi connectivity index (χ1v) is 6.00. The molecule has 18 heavy (non-hydrogen) atoms. The number of nitrogens with zero attached hydrogens (tertiary/aromatic N) is 1. The molecular formula is C12H16BF3KN. The van der Waals surface area contributed by atoms with Gasteiger partial charge in [-0.1, -0.05) is 42.6 Å². The molecule has 6 heteroatoms. The summed E-state index contributed by atoms with van der Waals surface area (Å²) in [5.74, 6) is -0.196. The first-order chi connectivity index (χ1) is 8.03. The summed E-state index contributed by atoms with van der Waals surface area (Å²) in [6.07, 6.45) is 0.0966. The van der Waals surface area contributed by atoms with Crippen LogP contribution in [0.3, 0.4) is 0 Å². The van der Waals surface area contributed by atoms with Crippen molar-refractivity contribution < 1.29 is 64.3 Å². The number of rotatable bonds is 4. The van der Waals surface area contributed by atoms with E-state index in [1.165, 1.54) is 5.56 Å². The molecule has 1 nitrogen and oxygen atoms in total. The van der Waals surface area contributed by atoms with Gasteiger partial charge in [-0.15, -0.1) is 0 Å². The molecule has 1 aromatic rings. The standard InChI is InChI=1S/C12H16BF3N.K/c14-13(15,16)8-12-6-7-17(10-12)9-11-4-2-1-3-5-11;/h1-5,12H,6-10H2;/q-1;+1. The van der Waals surface area contributed by atoms with Crippen LogP contribution in [0.2, 0.25) is 6.32 Å². The van der Waals surface area contributed by atoms with Gasteiger partial charge in [0.05, 0.1) is 0 Å². The Labute approximate surface area is 149 Å². The van der Waals surface area contributed by atoms with Gasteiger partial charge in [-0.05, 0) is 25.1 Å². The van der Waals surface area contributed by atoms with Gasteiger partial charge in [0.1, 0.15) is 0 Å². The van der Waals surface area contributed by atoms with E-state index in [-0.39, 0.29) is 57.3 Å². The number of benzene rings is 1. The molecule has 0 radical (unpaired) electrons. The minimum absolute atomic E-state index is 0. The maximum atomic E-state index is 12.3. The Morgan fingerprint density at radius 3 is 2.44 bits per heavy atom. The minimum atomic E-state index is -4.63. The Bertz CT molecular complexity index is 358. The van der Waals surface area contributed by atoms with Gasteiger partial charge in [-0.25, -0.2) is 0 Å². The van der Waals surface area contributed by atoms with Crippen LogP contribution in [-0.4, -0.2) is 25.0 Å². The molecule has 0 amide bonds. The molecule has 1 heterocycles. The first-order valence-electron chi connectivity index (χ1n) is 6.00. The molecule has 1 saturated heterocycles. The van der Waals surface area contributed by atoms with E-state index in [1.807, 2.05) is 30.3 Å². The molecular weight excluding hydrogens is 265 g/mol. The average molecular weight is 281 g/mol. The number of hydrogen-bond acceptors (Lipinski definition) is 1. The molecule has 0 bridgehead atoms. The Morgan fingerprint density at radius 1 is 1.17 bits per heavy atom. The quantitative estimate of drug-likeness (QED) is 0.720. The smallest absolute Gasteiger partial charge is 0.449 e. The fourth-order valence-electron chi connectivity index (χ4n) is 2.47. The van der Waals surface area contributed by atoms with E-state index in [0.717, 1.165) is 13.1 Å². The van der Waals surface area contributed by atoms with Crippen LogP contribution in [0.25, 0.3) is 0 Å². The van der Waals surface area contributed by atoms with Gasteiger partial charge in [-0.2, -0.15) is 0 Å². The molecule has 1 atom stereocenters. The van der Waals surface area contributed by atoms with Crippen molar-refractivity contribution in [3.05, 3.63) is 35.9 Å². The van der Waals surface area contributed by atoms with Crippen molar-refractivity contribution in [1.82, 2.24) is 4.90 Å². The van der Waals surface area contributed by atoms with Gasteiger partial charge in [0.15, 0.2) is 0 Å². The normalized spacial score (nSPS) is 20.7. The molecule has 1 aliphatic rings. The van der Waals surface area contributed by atoms with E-state index in [4.69, 9.17) is 0 Å². The average Bonchev–Trinajstić information content (AvgIpc) is 2.64. The third-order valence-corrected chi connectivity index (χ3v) is 3.22. The number of halogens is 3. The molecule has 0 N–H and O–H groups in total. The monoisotopic (exact) mass is 281 g/mol. The Kier molecular flexibility index (Phi) is 6.92. The molecule has 1 fully saturated rings. The second-order valence-electron chi connectivity index (χ2n) is 4.82. The third-order valence-electron chi connectivity index (χ3n) is 3.22. The van der Waals surface area contributed by atoms with E-state index in [1.54, 1.807) is 0 Å². The molecule has 0 aromatic heterocycles. The zero-order valence-electron chi connectivity index (χ0n) is 10.7. The topological polar surface area (TPSA) is 3.24 Å². The van der Waals surface area contributed by atoms with E-state index in [0.29, 0.717) is 13.0 Å².